The van der Waals surface area contributed by atoms with Gasteiger partial charge in [0.1, 0.15) is 51.9 Å². The molecule has 0 aliphatic heterocycles. The molecule has 5 aromatic carbocycles. The number of benzene rings is 5. The van der Waals surface area contributed by atoms with E-state index in [2.05, 4.69) is 34.6 Å². The molecule has 0 aliphatic rings. The van der Waals surface area contributed by atoms with Crippen LogP contribution in [-0.4, -0.2) is 162 Å². The van der Waals surface area contributed by atoms with Crippen molar-refractivity contribution in [3.8, 4) is 63.0 Å². The maximum absolute atomic E-state index is 10.9. The smallest absolute Gasteiger partial charge is 1.00 e. The number of nitrogens with two attached hydrogens (primary N) is 2. The number of anilines is 2. The van der Waals surface area contributed by atoms with Crippen LogP contribution >= 0.6 is 0 Å². The second-order valence-corrected chi connectivity index (χ2v) is 17.0. The molecule has 23 heteroatoms. The zero-order chi connectivity index (χ0) is 52.2. The predicted octanol–water partition coefficient (Wildman–Crippen LogP) is 2.86. The molecule has 2 heterocycles. The van der Waals surface area contributed by atoms with Gasteiger partial charge in [-0.1, -0.05) is 0 Å². The number of rotatable bonds is 19. The number of phenolic OH excluding ortho intramolecular Hbond substituents is 4. The van der Waals surface area contributed by atoms with Gasteiger partial charge < -0.3 is 72.2 Å². The van der Waals surface area contributed by atoms with Crippen molar-refractivity contribution in [2.24, 2.45) is 0 Å². The number of imidazole rings is 2. The first-order valence-corrected chi connectivity index (χ1v) is 23.0. The topological polar surface area (TPSA) is 313 Å². The molecule has 0 fully saturated rings. The SMILES string of the molecule is CN(C)CCCOc1ccc(N)c(N)c1.CN(C)CCCOc1ccc2nc(-c3cc(O)c(-c4nc5ccc(OCCCN(C)C)cc5[nH]4)cc3O)[nH]c2c1.O=Cc1cc(O)c(C=O)cc1O.O=S(=O)=O.[H-].[Na+]. The first-order valence-electron chi connectivity index (χ1n) is 22.0. The van der Waals surface area contributed by atoms with E-state index < -0.39 is 10.6 Å². The van der Waals surface area contributed by atoms with Crippen molar-refractivity contribution in [1.82, 2.24) is 34.6 Å². The minimum Gasteiger partial charge on any atom is -1.00 e. The standard InChI is InChI=1S/C30H36N6O4.C11H19N3O.C8H6O4.Na.O3S.H/c1-35(2)11-5-13-39-19-7-9-23-25(15-19)33-29(31-23)21-17-28(38)22(18-27(21)37)30-32-24-10-8-20(16-26(24)34-30)40-14-6-12-36(3)4;1-14(2)6-3-7-15-9-4-5-10(12)11(13)8-9;9-3-5-1-7(11)6(4-10)2-8(5)12;;1-4(2)3;/h7-10,15-18,37-38H,5-6,11-14H2,1-4H3,(H,31,33)(H,32,34);4-5,8H,3,6-7,12-13H2,1-2H3;1-4,11-12H;;;/q;;;+1;;-1. The average molecular weight is 1020 g/mol. The molecule has 10 N–H and O–H groups in total. The number of H-pyrrole nitrogens is 2. The Balaban J connectivity index is 0.000000452. The van der Waals surface area contributed by atoms with E-state index in [-0.39, 0.29) is 65.1 Å². The second-order valence-electron chi connectivity index (χ2n) is 16.6. The van der Waals surface area contributed by atoms with E-state index in [9.17, 15) is 19.8 Å². The molecule has 0 amide bonds. The fraction of sp³-hybridized carbons (Fsp3) is 0.306. The maximum Gasteiger partial charge on any atom is 1.00 e. The van der Waals surface area contributed by atoms with Gasteiger partial charge in [-0.2, -0.15) is 0 Å². The number of nitrogens with one attached hydrogen (secondary N) is 2. The maximum atomic E-state index is 10.9. The van der Waals surface area contributed by atoms with Crippen molar-refractivity contribution in [3.63, 3.8) is 0 Å². The Bertz CT molecular complexity index is 2830. The van der Waals surface area contributed by atoms with Gasteiger partial charge in [0.25, 0.3) is 0 Å². The summed E-state index contributed by atoms with van der Waals surface area (Å²) in [5, 5.41) is 39.9. The molecular weight excluding hydrogens is 962 g/mol. The molecular formula is C49H62N9NaO12S. The summed E-state index contributed by atoms with van der Waals surface area (Å²) in [7, 11) is 9.12. The molecule has 0 spiro atoms. The summed E-state index contributed by atoms with van der Waals surface area (Å²) in [6, 6.07) is 21.7. The van der Waals surface area contributed by atoms with Crippen LogP contribution in [0.25, 0.3) is 44.8 Å². The Morgan fingerprint density at radius 3 is 1.22 bits per heavy atom. The molecule has 72 heavy (non-hydrogen) atoms. The number of aromatic hydroxyl groups is 4. The summed E-state index contributed by atoms with van der Waals surface area (Å²) in [5.41, 5.74) is 16.1. The van der Waals surface area contributed by atoms with Crippen LogP contribution in [0.15, 0.2) is 78.9 Å². The zero-order valence-corrected chi connectivity index (χ0v) is 44.2. The number of phenols is 4. The van der Waals surface area contributed by atoms with Crippen LogP contribution in [0.1, 0.15) is 41.4 Å². The molecule has 0 saturated carbocycles. The minimum atomic E-state index is -3.11. The summed E-state index contributed by atoms with van der Waals surface area (Å²) < 4.78 is 42.6. The van der Waals surface area contributed by atoms with Gasteiger partial charge in [-0.05, 0) is 122 Å². The van der Waals surface area contributed by atoms with Crippen molar-refractivity contribution in [2.75, 3.05) is 93.2 Å². The quantitative estimate of drug-likeness (QED) is 0.0190. The Hall–Kier alpha value is -6.92. The van der Waals surface area contributed by atoms with Gasteiger partial charge in [0.05, 0.1) is 75.5 Å². The van der Waals surface area contributed by atoms with Crippen molar-refractivity contribution in [2.45, 2.75) is 19.3 Å². The molecule has 0 unspecified atom stereocenters. The monoisotopic (exact) mass is 1020 g/mol. The average Bonchev–Trinajstić information content (AvgIpc) is 3.94. The molecule has 382 valence electrons. The van der Waals surface area contributed by atoms with Gasteiger partial charge in [-0.3, -0.25) is 9.59 Å². The van der Waals surface area contributed by atoms with Gasteiger partial charge in [-0.15, -0.1) is 12.6 Å². The largest absolute Gasteiger partial charge is 1.00 e. The van der Waals surface area contributed by atoms with Crippen LogP contribution in [-0.2, 0) is 10.6 Å². The zero-order valence-electron chi connectivity index (χ0n) is 42.4. The van der Waals surface area contributed by atoms with E-state index >= 15 is 0 Å². The Labute approximate surface area is 442 Å². The van der Waals surface area contributed by atoms with Crippen molar-refractivity contribution < 1.29 is 87.8 Å². The third kappa shape index (κ3) is 19.0. The van der Waals surface area contributed by atoms with Crippen LogP contribution in [0.5, 0.6) is 40.2 Å². The Morgan fingerprint density at radius 1 is 0.542 bits per heavy atom. The minimum absolute atomic E-state index is 0. The van der Waals surface area contributed by atoms with Crippen LogP contribution in [0.4, 0.5) is 11.4 Å². The molecule has 0 saturated heterocycles. The van der Waals surface area contributed by atoms with Crippen LogP contribution in [0.2, 0.25) is 0 Å². The Morgan fingerprint density at radius 2 is 0.889 bits per heavy atom. The summed E-state index contributed by atoms with van der Waals surface area (Å²) >= 11 is 0. The molecule has 7 aromatic rings. The van der Waals surface area contributed by atoms with Gasteiger partial charge in [0.15, 0.2) is 12.6 Å². The third-order valence-corrected chi connectivity index (χ3v) is 10.1. The third-order valence-electron chi connectivity index (χ3n) is 10.1. The molecule has 2 aromatic heterocycles. The molecule has 0 aliphatic carbocycles. The van der Waals surface area contributed by atoms with Gasteiger partial charge in [0.2, 0.25) is 0 Å². The Kier molecular flexibility index (Phi) is 24.3. The van der Waals surface area contributed by atoms with Crippen LogP contribution < -0.4 is 55.2 Å². The van der Waals surface area contributed by atoms with Crippen LogP contribution in [0.3, 0.4) is 0 Å². The number of hydrogen-bond donors (Lipinski definition) is 8. The normalized spacial score (nSPS) is 10.6. The van der Waals surface area contributed by atoms with Gasteiger partial charge in [0, 0.05) is 37.8 Å². The van der Waals surface area contributed by atoms with E-state index in [1.165, 1.54) is 12.1 Å². The second kappa shape index (κ2) is 29.4. The van der Waals surface area contributed by atoms with Gasteiger partial charge in [-0.25, -0.2) is 9.97 Å². The van der Waals surface area contributed by atoms with E-state index in [0.717, 1.165) is 90.3 Å². The number of carbonyl (C=O) groups excluding carboxylic acids is 2. The summed E-state index contributed by atoms with van der Waals surface area (Å²) in [6.07, 6.45) is 3.64. The van der Waals surface area contributed by atoms with E-state index in [1.54, 1.807) is 12.1 Å². The van der Waals surface area contributed by atoms with E-state index in [1.807, 2.05) is 84.8 Å². The number of nitrogen functional groups attached to an aromatic ring is 2. The summed E-state index contributed by atoms with van der Waals surface area (Å²) in [5.74, 6) is 2.47. The molecule has 21 nitrogen and oxygen atoms in total. The number of fused-ring (bicyclic) bond motifs is 2. The van der Waals surface area contributed by atoms with Gasteiger partial charge >= 0.3 is 40.2 Å². The van der Waals surface area contributed by atoms with E-state index in [4.69, 9.17) is 48.5 Å². The molecule has 0 radical (unpaired) electrons. The molecule has 0 atom stereocenters. The fourth-order valence-corrected chi connectivity index (χ4v) is 6.52. The number of aromatic amines is 2. The number of aromatic nitrogens is 4. The van der Waals surface area contributed by atoms with E-state index in [0.29, 0.717) is 66.5 Å². The van der Waals surface area contributed by atoms with Crippen molar-refractivity contribution in [1.29, 1.82) is 0 Å². The first kappa shape index (κ1) is 59.4. The number of aldehydes is 2. The summed E-state index contributed by atoms with van der Waals surface area (Å²) in [4.78, 5) is 42.5. The number of carbonyl (C=O) groups is 2. The fourth-order valence-electron chi connectivity index (χ4n) is 6.52. The van der Waals surface area contributed by atoms with Crippen molar-refractivity contribution >= 4 is 56.6 Å². The number of ether oxygens (including phenoxy) is 3. The summed E-state index contributed by atoms with van der Waals surface area (Å²) in [6.45, 7) is 4.86. The molecule has 7 rings (SSSR count). The van der Waals surface area contributed by atoms with Crippen LogP contribution in [0, 0.1) is 0 Å². The molecule has 0 bridgehead atoms. The number of nitrogens with zero attached hydrogens (tertiary/aromatic N) is 5. The number of hydrogen-bond acceptors (Lipinski definition) is 19. The first-order chi connectivity index (χ1) is 33.8. The predicted molar refractivity (Wildman–Crippen MR) is 273 cm³/mol. The van der Waals surface area contributed by atoms with Crippen molar-refractivity contribution in [3.05, 3.63) is 90.0 Å².